The van der Waals surface area contributed by atoms with Crippen LogP contribution < -0.4 is 0 Å². The minimum Gasteiger partial charge on any atom is -0.481 e. The number of piperidine rings is 1. The number of rotatable bonds is 4. The van der Waals surface area contributed by atoms with Gasteiger partial charge in [-0.25, -0.2) is 4.79 Å². The molecule has 1 aliphatic carbocycles. The van der Waals surface area contributed by atoms with Crippen molar-refractivity contribution in [1.82, 2.24) is 4.90 Å². The Morgan fingerprint density at radius 1 is 1.14 bits per heavy atom. The predicted molar refractivity (Wildman–Crippen MR) is 105 cm³/mol. The standard InChI is InChI=1S/C21H20N4O4/c22-24-23-19-9-10-25(11-17(19)20(26)27)21(28)29-12-18-15-7-3-1-5-13(15)14-6-2-4-8-16(14)18/h1-8,17-19H,9-12H2,(H,26,27)/t17-,19-/m0/s1. The molecule has 0 bridgehead atoms. The zero-order valence-electron chi connectivity index (χ0n) is 15.6. The first-order valence-corrected chi connectivity index (χ1v) is 9.47. The van der Waals surface area contributed by atoms with Gasteiger partial charge in [-0.2, -0.15) is 0 Å². The Balaban J connectivity index is 1.46. The van der Waals surface area contributed by atoms with Gasteiger partial charge in [-0.05, 0) is 34.2 Å². The lowest BCUT2D eigenvalue weighted by molar-refractivity contribution is -0.143. The molecule has 1 aliphatic heterocycles. The van der Waals surface area contributed by atoms with Crippen LogP contribution >= 0.6 is 0 Å². The molecule has 2 aliphatic rings. The Morgan fingerprint density at radius 3 is 2.34 bits per heavy atom. The lowest BCUT2D eigenvalue weighted by atomic mass is 9.93. The molecule has 2 aromatic carbocycles. The van der Waals surface area contributed by atoms with Crippen molar-refractivity contribution in [3.63, 3.8) is 0 Å². The number of likely N-dealkylation sites (tertiary alicyclic amines) is 1. The molecular formula is C21H20N4O4. The highest BCUT2D eigenvalue weighted by molar-refractivity contribution is 5.79. The number of azide groups is 1. The van der Waals surface area contributed by atoms with E-state index >= 15 is 0 Å². The van der Waals surface area contributed by atoms with Crippen LogP contribution in [0.4, 0.5) is 4.79 Å². The van der Waals surface area contributed by atoms with Gasteiger partial charge in [0.25, 0.3) is 0 Å². The van der Waals surface area contributed by atoms with E-state index in [-0.39, 0.29) is 19.1 Å². The first-order chi connectivity index (χ1) is 14.1. The van der Waals surface area contributed by atoms with Gasteiger partial charge in [-0.1, -0.05) is 53.6 Å². The third-order valence-electron chi connectivity index (χ3n) is 5.69. The molecule has 2 aromatic rings. The van der Waals surface area contributed by atoms with Crippen LogP contribution in [0.5, 0.6) is 0 Å². The summed E-state index contributed by atoms with van der Waals surface area (Å²) in [7, 11) is 0. The van der Waals surface area contributed by atoms with Gasteiger partial charge in [-0.3, -0.25) is 4.79 Å². The van der Waals surface area contributed by atoms with Gasteiger partial charge in [0, 0.05) is 23.9 Å². The average Bonchev–Trinajstić information content (AvgIpc) is 3.06. The number of hydrogen-bond acceptors (Lipinski definition) is 4. The summed E-state index contributed by atoms with van der Waals surface area (Å²) < 4.78 is 5.59. The largest absolute Gasteiger partial charge is 0.481 e. The van der Waals surface area contributed by atoms with E-state index in [0.29, 0.717) is 13.0 Å². The molecular weight excluding hydrogens is 372 g/mol. The number of hydrogen-bond donors (Lipinski definition) is 1. The number of carboxylic acid groups (broad SMARTS) is 1. The SMILES string of the molecule is [N-]=[N+]=N[C@H]1CCN(C(=O)OCC2c3ccccc3-c3ccccc32)C[C@@H]1C(=O)O. The molecule has 1 fully saturated rings. The molecule has 8 nitrogen and oxygen atoms in total. The maximum atomic E-state index is 12.6. The molecule has 0 unspecified atom stereocenters. The normalized spacial score (nSPS) is 20.3. The topological polar surface area (TPSA) is 116 Å². The lowest BCUT2D eigenvalue weighted by Gasteiger charge is -2.33. The summed E-state index contributed by atoms with van der Waals surface area (Å²) in [4.78, 5) is 28.2. The zero-order valence-corrected chi connectivity index (χ0v) is 15.6. The molecule has 148 valence electrons. The van der Waals surface area contributed by atoms with E-state index in [1.165, 1.54) is 4.90 Å². The Hall–Kier alpha value is -3.51. The van der Waals surface area contributed by atoms with Gasteiger partial charge in [-0.15, -0.1) is 0 Å². The molecule has 1 amide bonds. The highest BCUT2D eigenvalue weighted by atomic mass is 16.6. The van der Waals surface area contributed by atoms with Crippen molar-refractivity contribution in [1.29, 1.82) is 0 Å². The van der Waals surface area contributed by atoms with Crippen LogP contribution in [0.3, 0.4) is 0 Å². The molecule has 8 heteroatoms. The molecule has 1 N–H and O–H groups in total. The molecule has 0 spiro atoms. The number of amides is 1. The summed E-state index contributed by atoms with van der Waals surface area (Å²) in [5.74, 6) is -2.07. The number of fused-ring (bicyclic) bond motifs is 3. The van der Waals surface area contributed by atoms with Crippen molar-refractivity contribution >= 4 is 12.1 Å². The van der Waals surface area contributed by atoms with Crippen molar-refractivity contribution in [2.45, 2.75) is 18.4 Å². The number of carbonyl (C=O) groups is 2. The third-order valence-corrected chi connectivity index (χ3v) is 5.69. The van der Waals surface area contributed by atoms with E-state index in [0.717, 1.165) is 22.3 Å². The van der Waals surface area contributed by atoms with Gasteiger partial charge in [0.05, 0.1) is 12.0 Å². The van der Waals surface area contributed by atoms with Crippen molar-refractivity contribution < 1.29 is 19.4 Å². The highest BCUT2D eigenvalue weighted by Gasteiger charge is 2.37. The first kappa shape index (κ1) is 18.8. The molecule has 1 saturated heterocycles. The molecule has 29 heavy (non-hydrogen) atoms. The van der Waals surface area contributed by atoms with Gasteiger partial charge in [0.15, 0.2) is 0 Å². The fourth-order valence-electron chi connectivity index (χ4n) is 4.24. The average molecular weight is 392 g/mol. The second-order valence-corrected chi connectivity index (χ2v) is 7.26. The second-order valence-electron chi connectivity index (χ2n) is 7.26. The van der Waals surface area contributed by atoms with Gasteiger partial charge in [0.2, 0.25) is 0 Å². The Bertz CT molecular complexity index is 956. The highest BCUT2D eigenvalue weighted by Crippen LogP contribution is 2.44. The molecule has 0 saturated carbocycles. The van der Waals surface area contributed by atoms with Crippen molar-refractivity contribution in [2.75, 3.05) is 19.7 Å². The maximum Gasteiger partial charge on any atom is 0.409 e. The van der Waals surface area contributed by atoms with Gasteiger partial charge < -0.3 is 14.7 Å². The Morgan fingerprint density at radius 2 is 1.76 bits per heavy atom. The summed E-state index contributed by atoms with van der Waals surface area (Å²) in [6, 6.07) is 15.5. The van der Waals surface area contributed by atoms with Gasteiger partial charge in [0.1, 0.15) is 6.61 Å². The van der Waals surface area contributed by atoms with Crippen LogP contribution in [0.1, 0.15) is 23.5 Å². The van der Waals surface area contributed by atoms with Crippen molar-refractivity contribution in [2.24, 2.45) is 11.0 Å². The van der Waals surface area contributed by atoms with E-state index in [9.17, 15) is 14.7 Å². The Kier molecular flexibility index (Phi) is 5.10. The molecule has 1 heterocycles. The number of ether oxygens (including phenoxy) is 1. The van der Waals surface area contributed by atoms with Crippen molar-refractivity contribution in [3.05, 3.63) is 70.1 Å². The van der Waals surface area contributed by atoms with Crippen LogP contribution in [0, 0.1) is 5.92 Å². The number of carbonyl (C=O) groups excluding carboxylic acids is 1. The zero-order chi connectivity index (χ0) is 20.4. The van der Waals surface area contributed by atoms with E-state index in [2.05, 4.69) is 22.2 Å². The van der Waals surface area contributed by atoms with Gasteiger partial charge >= 0.3 is 12.1 Å². The fraction of sp³-hybridized carbons (Fsp3) is 0.333. The van der Waals surface area contributed by atoms with E-state index in [1.807, 2.05) is 36.4 Å². The quantitative estimate of drug-likeness (QED) is 0.480. The molecule has 0 radical (unpaired) electrons. The van der Waals surface area contributed by atoms with E-state index < -0.39 is 24.0 Å². The van der Waals surface area contributed by atoms with Crippen LogP contribution in [-0.4, -0.2) is 47.8 Å². The van der Waals surface area contributed by atoms with Crippen LogP contribution in [-0.2, 0) is 9.53 Å². The summed E-state index contributed by atoms with van der Waals surface area (Å²) in [5.41, 5.74) is 13.1. The monoisotopic (exact) mass is 392 g/mol. The number of carboxylic acids is 1. The smallest absolute Gasteiger partial charge is 0.409 e. The summed E-state index contributed by atoms with van der Waals surface area (Å²) in [6.45, 7) is 0.445. The summed E-state index contributed by atoms with van der Waals surface area (Å²) in [6.07, 6.45) is -0.247. The second kappa shape index (κ2) is 7.85. The number of aliphatic carboxylic acids is 1. The minimum absolute atomic E-state index is 0.0320. The summed E-state index contributed by atoms with van der Waals surface area (Å²) >= 11 is 0. The van der Waals surface area contributed by atoms with Crippen molar-refractivity contribution in [3.8, 4) is 11.1 Å². The maximum absolute atomic E-state index is 12.6. The summed E-state index contributed by atoms with van der Waals surface area (Å²) in [5, 5.41) is 13.0. The number of nitrogens with zero attached hydrogens (tertiary/aromatic N) is 4. The van der Waals surface area contributed by atoms with E-state index in [1.54, 1.807) is 0 Å². The third kappa shape index (κ3) is 3.50. The van der Waals surface area contributed by atoms with Crippen LogP contribution in [0.15, 0.2) is 53.6 Å². The lowest BCUT2D eigenvalue weighted by Crippen LogP contribution is -2.48. The molecule has 2 atom stereocenters. The number of benzene rings is 2. The predicted octanol–water partition coefficient (Wildman–Crippen LogP) is 4.02. The Labute approximate surface area is 167 Å². The first-order valence-electron chi connectivity index (χ1n) is 9.47. The molecule has 4 rings (SSSR count). The van der Waals surface area contributed by atoms with Crippen LogP contribution in [0.2, 0.25) is 0 Å². The van der Waals surface area contributed by atoms with E-state index in [4.69, 9.17) is 10.3 Å². The molecule has 0 aromatic heterocycles. The fourth-order valence-corrected chi connectivity index (χ4v) is 4.24. The minimum atomic E-state index is -1.08. The van der Waals surface area contributed by atoms with Crippen LogP contribution in [0.25, 0.3) is 21.6 Å².